The number of nitrogens with one attached hydrogen (secondary N) is 2. The molecular weight excluding hydrogens is 300 g/mol. The summed E-state index contributed by atoms with van der Waals surface area (Å²) in [4.78, 5) is 12.1. The molecule has 1 aromatic rings. The van der Waals surface area contributed by atoms with Gasteiger partial charge in [0.1, 0.15) is 6.04 Å². The maximum absolute atomic E-state index is 12.8. The van der Waals surface area contributed by atoms with Crippen molar-refractivity contribution in [3.63, 3.8) is 0 Å². The molecule has 22 heavy (non-hydrogen) atoms. The zero-order chi connectivity index (χ0) is 16.7. The van der Waals surface area contributed by atoms with E-state index in [9.17, 15) is 13.2 Å². The lowest BCUT2D eigenvalue weighted by atomic mass is 9.95. The first-order valence-electron chi connectivity index (χ1n) is 7.53. The minimum atomic E-state index is -3.73. The number of hydrogen-bond acceptors (Lipinski definition) is 3. The molecule has 0 radical (unpaired) electrons. The Morgan fingerprint density at radius 2 is 1.45 bits per heavy atom. The molecule has 2 N–H and O–H groups in total. The Morgan fingerprint density at radius 1 is 0.955 bits per heavy atom. The van der Waals surface area contributed by atoms with Crippen LogP contribution >= 0.6 is 0 Å². The summed E-state index contributed by atoms with van der Waals surface area (Å²) in [6.45, 7) is 10.1. The molecule has 0 aliphatic carbocycles. The van der Waals surface area contributed by atoms with Gasteiger partial charge in [0, 0.05) is 6.54 Å². The number of carbonyl (C=O) groups excluding carboxylic acids is 1. The maximum Gasteiger partial charge on any atom is 0.241 e. The SMILES string of the molecule is Cc1c(C)c(C)c(S(=O)(=O)NC2CCCNC2=O)c(C)c1C. The summed E-state index contributed by atoms with van der Waals surface area (Å²) in [6, 6.07) is -0.681. The fraction of sp³-hybridized carbons (Fsp3) is 0.562. The van der Waals surface area contributed by atoms with Crippen LogP contribution in [-0.4, -0.2) is 26.9 Å². The summed E-state index contributed by atoms with van der Waals surface area (Å²) < 4.78 is 28.2. The van der Waals surface area contributed by atoms with Gasteiger partial charge in [-0.15, -0.1) is 0 Å². The highest BCUT2D eigenvalue weighted by Gasteiger charge is 2.30. The van der Waals surface area contributed by atoms with Crippen molar-refractivity contribution >= 4 is 15.9 Å². The Morgan fingerprint density at radius 3 is 1.95 bits per heavy atom. The minimum Gasteiger partial charge on any atom is -0.355 e. The lowest BCUT2D eigenvalue weighted by Gasteiger charge is -2.25. The van der Waals surface area contributed by atoms with Crippen LogP contribution in [0.5, 0.6) is 0 Å². The summed E-state index contributed by atoms with van der Waals surface area (Å²) in [6.07, 6.45) is 1.32. The molecule has 0 bridgehead atoms. The Bertz CT molecular complexity index is 694. The van der Waals surface area contributed by atoms with Gasteiger partial charge in [-0.2, -0.15) is 4.72 Å². The van der Waals surface area contributed by atoms with Gasteiger partial charge in [0.2, 0.25) is 15.9 Å². The largest absolute Gasteiger partial charge is 0.355 e. The van der Waals surface area contributed by atoms with E-state index in [1.807, 2.05) is 34.6 Å². The zero-order valence-electron chi connectivity index (χ0n) is 13.8. The van der Waals surface area contributed by atoms with Crippen molar-refractivity contribution in [3.8, 4) is 0 Å². The van der Waals surface area contributed by atoms with Gasteiger partial charge in [-0.3, -0.25) is 4.79 Å². The van der Waals surface area contributed by atoms with Gasteiger partial charge in [-0.25, -0.2) is 8.42 Å². The lowest BCUT2D eigenvalue weighted by molar-refractivity contribution is -0.124. The van der Waals surface area contributed by atoms with Gasteiger partial charge < -0.3 is 5.32 Å². The molecule has 0 saturated carbocycles. The fourth-order valence-corrected chi connectivity index (χ4v) is 4.83. The quantitative estimate of drug-likeness (QED) is 0.890. The van der Waals surface area contributed by atoms with Gasteiger partial charge in [0.05, 0.1) is 4.90 Å². The molecule has 1 unspecified atom stereocenters. The van der Waals surface area contributed by atoms with Crippen LogP contribution < -0.4 is 10.0 Å². The smallest absolute Gasteiger partial charge is 0.241 e. The van der Waals surface area contributed by atoms with Crippen LogP contribution in [0, 0.1) is 34.6 Å². The third kappa shape index (κ3) is 2.90. The summed E-state index contributed by atoms with van der Waals surface area (Å²) in [5, 5.41) is 2.70. The first kappa shape index (κ1) is 17.0. The highest BCUT2D eigenvalue weighted by molar-refractivity contribution is 7.89. The van der Waals surface area contributed by atoms with E-state index in [-0.39, 0.29) is 5.91 Å². The number of rotatable bonds is 3. The van der Waals surface area contributed by atoms with Crippen molar-refractivity contribution in [2.24, 2.45) is 0 Å². The molecule has 2 rings (SSSR count). The Labute approximate surface area is 132 Å². The van der Waals surface area contributed by atoms with Crippen LogP contribution in [0.25, 0.3) is 0 Å². The topological polar surface area (TPSA) is 75.3 Å². The third-order valence-corrected chi connectivity index (χ3v) is 6.53. The predicted octanol–water partition coefficient (Wildman–Crippen LogP) is 1.79. The molecule has 1 atom stereocenters. The first-order chi connectivity index (χ1) is 10.2. The monoisotopic (exact) mass is 324 g/mol. The van der Waals surface area contributed by atoms with E-state index in [1.165, 1.54) is 0 Å². The van der Waals surface area contributed by atoms with E-state index in [2.05, 4.69) is 10.0 Å². The van der Waals surface area contributed by atoms with Crippen molar-refractivity contribution in [3.05, 3.63) is 27.8 Å². The Hall–Kier alpha value is -1.40. The van der Waals surface area contributed by atoms with Crippen molar-refractivity contribution < 1.29 is 13.2 Å². The van der Waals surface area contributed by atoms with Crippen LogP contribution in [-0.2, 0) is 14.8 Å². The van der Waals surface area contributed by atoms with Gasteiger partial charge in [0.25, 0.3) is 0 Å². The average Bonchev–Trinajstić information content (AvgIpc) is 2.45. The molecule has 1 fully saturated rings. The summed E-state index contributed by atoms with van der Waals surface area (Å²) in [5.74, 6) is -0.245. The summed E-state index contributed by atoms with van der Waals surface area (Å²) >= 11 is 0. The highest BCUT2D eigenvalue weighted by atomic mass is 32.2. The lowest BCUT2D eigenvalue weighted by Crippen LogP contribution is -2.50. The van der Waals surface area contributed by atoms with E-state index in [4.69, 9.17) is 0 Å². The van der Waals surface area contributed by atoms with Crippen LogP contribution in [0.2, 0.25) is 0 Å². The predicted molar refractivity (Wildman–Crippen MR) is 86.5 cm³/mol. The molecule has 1 amide bonds. The normalized spacial score (nSPS) is 19.1. The summed E-state index contributed by atoms with van der Waals surface area (Å²) in [5.41, 5.74) is 4.59. The van der Waals surface area contributed by atoms with Crippen LogP contribution in [0.4, 0.5) is 0 Å². The third-order valence-electron chi connectivity index (χ3n) is 4.78. The number of carbonyl (C=O) groups is 1. The molecule has 0 spiro atoms. The standard InChI is InChI=1S/C16H24N2O3S/c1-9-10(2)12(4)15(13(5)11(9)3)22(20,21)18-14-7-6-8-17-16(14)19/h14,18H,6-8H2,1-5H3,(H,17,19). The van der Waals surface area contributed by atoms with Crippen molar-refractivity contribution in [1.29, 1.82) is 0 Å². The van der Waals surface area contributed by atoms with Crippen molar-refractivity contribution in [2.45, 2.75) is 58.4 Å². The Kier molecular flexibility index (Phi) is 4.63. The number of benzene rings is 1. The van der Waals surface area contributed by atoms with Crippen LogP contribution in [0.15, 0.2) is 4.90 Å². The molecule has 1 saturated heterocycles. The Balaban J connectivity index is 2.48. The summed E-state index contributed by atoms with van der Waals surface area (Å²) in [7, 11) is -3.73. The zero-order valence-corrected chi connectivity index (χ0v) is 14.6. The van der Waals surface area contributed by atoms with E-state index in [1.54, 1.807) is 0 Å². The molecule has 1 heterocycles. The van der Waals surface area contributed by atoms with E-state index in [0.717, 1.165) is 34.2 Å². The second-order valence-electron chi connectivity index (χ2n) is 6.06. The van der Waals surface area contributed by atoms with E-state index in [0.29, 0.717) is 17.9 Å². The highest BCUT2D eigenvalue weighted by Crippen LogP contribution is 2.29. The molecule has 122 valence electrons. The number of amides is 1. The molecule has 5 nitrogen and oxygen atoms in total. The molecule has 1 aromatic carbocycles. The molecule has 0 aromatic heterocycles. The second kappa shape index (κ2) is 6.01. The van der Waals surface area contributed by atoms with Crippen LogP contribution in [0.1, 0.15) is 40.7 Å². The molecule has 6 heteroatoms. The maximum atomic E-state index is 12.8. The van der Waals surface area contributed by atoms with Gasteiger partial charge >= 0.3 is 0 Å². The molecule has 1 aliphatic heterocycles. The first-order valence-corrected chi connectivity index (χ1v) is 9.02. The van der Waals surface area contributed by atoms with Crippen molar-refractivity contribution in [2.75, 3.05) is 6.54 Å². The second-order valence-corrected chi connectivity index (χ2v) is 7.71. The van der Waals surface area contributed by atoms with Gasteiger partial charge in [0.15, 0.2) is 0 Å². The van der Waals surface area contributed by atoms with Gasteiger partial charge in [-0.05, 0) is 75.3 Å². The molecular formula is C16H24N2O3S. The van der Waals surface area contributed by atoms with Crippen LogP contribution in [0.3, 0.4) is 0 Å². The molecule has 1 aliphatic rings. The van der Waals surface area contributed by atoms with Gasteiger partial charge in [-0.1, -0.05) is 0 Å². The average molecular weight is 324 g/mol. The fourth-order valence-electron chi connectivity index (χ4n) is 3.00. The number of hydrogen-bond donors (Lipinski definition) is 2. The van der Waals surface area contributed by atoms with E-state index < -0.39 is 16.1 Å². The number of piperidine rings is 1. The van der Waals surface area contributed by atoms with Crippen molar-refractivity contribution in [1.82, 2.24) is 10.0 Å². The number of sulfonamides is 1. The minimum absolute atomic E-state index is 0.245. The van der Waals surface area contributed by atoms with E-state index >= 15 is 0 Å².